The summed E-state index contributed by atoms with van der Waals surface area (Å²) < 4.78 is 11.1. The van der Waals surface area contributed by atoms with E-state index in [0.29, 0.717) is 22.1 Å². The molecule has 0 saturated carbocycles. The molecule has 0 aliphatic carbocycles. The summed E-state index contributed by atoms with van der Waals surface area (Å²) in [6.45, 7) is 1.99. The van der Waals surface area contributed by atoms with Crippen LogP contribution in [0.5, 0.6) is 5.75 Å². The topological polar surface area (TPSA) is 75.5 Å². The predicted molar refractivity (Wildman–Crippen MR) is 131 cm³/mol. The second-order valence-electron chi connectivity index (χ2n) is 7.24. The number of furan rings is 1. The van der Waals surface area contributed by atoms with Crippen LogP contribution in [-0.2, 0) is 0 Å². The van der Waals surface area contributed by atoms with E-state index in [-0.39, 0.29) is 11.9 Å². The van der Waals surface area contributed by atoms with Gasteiger partial charge in [0, 0.05) is 16.8 Å². The molecule has 0 aliphatic rings. The van der Waals surface area contributed by atoms with Gasteiger partial charge in [-0.25, -0.2) is 0 Å². The number of para-hydroxylation sites is 2. The molecule has 3 N–H and O–H groups in total. The highest BCUT2D eigenvalue weighted by Crippen LogP contribution is 2.24. The van der Waals surface area contributed by atoms with Crippen molar-refractivity contribution in [2.75, 3.05) is 17.7 Å². The summed E-state index contributed by atoms with van der Waals surface area (Å²) in [4.78, 5) is 12.5. The molecule has 162 valence electrons. The van der Waals surface area contributed by atoms with Crippen LogP contribution in [0.3, 0.4) is 0 Å². The highest BCUT2D eigenvalue weighted by Gasteiger charge is 2.13. The molecular formula is C25H23N3O3S. The van der Waals surface area contributed by atoms with E-state index in [4.69, 9.17) is 21.4 Å². The lowest BCUT2D eigenvalue weighted by atomic mass is 10.2. The van der Waals surface area contributed by atoms with Gasteiger partial charge in [0.15, 0.2) is 5.11 Å². The highest BCUT2D eigenvalue weighted by atomic mass is 32.1. The Labute approximate surface area is 191 Å². The summed E-state index contributed by atoms with van der Waals surface area (Å²) in [5, 5.41) is 10.8. The number of carbonyl (C=O) groups is 1. The van der Waals surface area contributed by atoms with Gasteiger partial charge in [-0.15, -0.1) is 0 Å². The number of ether oxygens (including phenoxy) is 1. The molecule has 0 bridgehead atoms. The maximum Gasteiger partial charge on any atom is 0.259 e. The first-order valence-corrected chi connectivity index (χ1v) is 10.5. The molecular weight excluding hydrogens is 422 g/mol. The zero-order valence-electron chi connectivity index (χ0n) is 17.7. The molecule has 1 amide bonds. The molecule has 0 aliphatic heterocycles. The summed E-state index contributed by atoms with van der Waals surface area (Å²) in [5.74, 6) is 1.10. The molecule has 0 spiro atoms. The quantitative estimate of drug-likeness (QED) is 0.329. The van der Waals surface area contributed by atoms with Gasteiger partial charge in [0.25, 0.3) is 5.91 Å². The largest absolute Gasteiger partial charge is 0.496 e. The number of benzene rings is 3. The van der Waals surface area contributed by atoms with Crippen LogP contribution in [0.1, 0.15) is 29.1 Å². The molecule has 3 aromatic carbocycles. The molecule has 1 heterocycles. The number of fused-ring (bicyclic) bond motifs is 1. The molecule has 7 heteroatoms. The van der Waals surface area contributed by atoms with Gasteiger partial charge < -0.3 is 25.1 Å². The fourth-order valence-electron chi connectivity index (χ4n) is 3.32. The van der Waals surface area contributed by atoms with Crippen LogP contribution in [0.4, 0.5) is 11.4 Å². The fourth-order valence-corrected chi connectivity index (χ4v) is 3.61. The van der Waals surface area contributed by atoms with Crippen molar-refractivity contribution in [3.8, 4) is 5.75 Å². The smallest absolute Gasteiger partial charge is 0.259 e. The van der Waals surface area contributed by atoms with Gasteiger partial charge in [-0.1, -0.05) is 30.3 Å². The van der Waals surface area contributed by atoms with Gasteiger partial charge in [0.05, 0.1) is 18.7 Å². The van der Waals surface area contributed by atoms with Crippen molar-refractivity contribution >= 4 is 45.6 Å². The maximum absolute atomic E-state index is 12.5. The summed E-state index contributed by atoms with van der Waals surface area (Å²) in [5.41, 5.74) is 2.79. The molecule has 1 atom stereocenters. The second kappa shape index (κ2) is 9.53. The first kappa shape index (κ1) is 21.4. The lowest BCUT2D eigenvalue weighted by Gasteiger charge is -2.15. The van der Waals surface area contributed by atoms with E-state index in [1.54, 1.807) is 37.4 Å². The summed E-state index contributed by atoms with van der Waals surface area (Å²) in [7, 11) is 1.54. The normalized spacial score (nSPS) is 11.6. The van der Waals surface area contributed by atoms with Gasteiger partial charge in [0.1, 0.15) is 17.1 Å². The van der Waals surface area contributed by atoms with Crippen molar-refractivity contribution in [1.29, 1.82) is 0 Å². The standard InChI is InChI=1S/C25H23N3O3S/c1-16(23-15-17-7-3-5-9-21(17)31-23)26-25(32)28-19-13-11-18(12-14-19)27-24(29)20-8-4-6-10-22(20)30-2/h3-16H,1-2H3,(H,27,29)(H2,26,28,32). The van der Waals surface area contributed by atoms with E-state index >= 15 is 0 Å². The average Bonchev–Trinajstić information content (AvgIpc) is 3.25. The van der Waals surface area contributed by atoms with E-state index in [1.165, 1.54) is 0 Å². The van der Waals surface area contributed by atoms with E-state index < -0.39 is 0 Å². The number of hydrogen-bond donors (Lipinski definition) is 3. The van der Waals surface area contributed by atoms with Crippen molar-refractivity contribution in [3.63, 3.8) is 0 Å². The highest BCUT2D eigenvalue weighted by molar-refractivity contribution is 7.80. The fraction of sp³-hybridized carbons (Fsp3) is 0.120. The monoisotopic (exact) mass is 445 g/mol. The van der Waals surface area contributed by atoms with Crippen LogP contribution in [0, 0.1) is 0 Å². The number of rotatable bonds is 6. The zero-order valence-corrected chi connectivity index (χ0v) is 18.5. The molecule has 0 fully saturated rings. The van der Waals surface area contributed by atoms with Gasteiger partial charge >= 0.3 is 0 Å². The Balaban J connectivity index is 1.34. The molecule has 4 aromatic rings. The predicted octanol–water partition coefficient (Wildman–Crippen LogP) is 5.74. The Morgan fingerprint density at radius 3 is 2.31 bits per heavy atom. The van der Waals surface area contributed by atoms with Crippen molar-refractivity contribution in [2.24, 2.45) is 0 Å². The van der Waals surface area contributed by atoms with Crippen molar-refractivity contribution in [2.45, 2.75) is 13.0 Å². The Morgan fingerprint density at radius 2 is 1.59 bits per heavy atom. The third-order valence-corrected chi connectivity index (χ3v) is 5.19. The van der Waals surface area contributed by atoms with Crippen LogP contribution in [-0.4, -0.2) is 18.1 Å². The van der Waals surface area contributed by atoms with Crippen molar-refractivity contribution in [1.82, 2.24) is 5.32 Å². The summed E-state index contributed by atoms with van der Waals surface area (Å²) >= 11 is 5.44. The molecule has 4 rings (SSSR count). The summed E-state index contributed by atoms with van der Waals surface area (Å²) in [6, 6.07) is 24.2. The number of nitrogens with one attached hydrogen (secondary N) is 3. The van der Waals surface area contributed by atoms with Crippen LogP contribution in [0.25, 0.3) is 11.0 Å². The van der Waals surface area contributed by atoms with Crippen LogP contribution >= 0.6 is 12.2 Å². The number of amides is 1. The molecule has 1 unspecified atom stereocenters. The van der Waals surface area contributed by atoms with Gasteiger partial charge in [0.2, 0.25) is 0 Å². The molecule has 6 nitrogen and oxygen atoms in total. The third kappa shape index (κ3) is 4.90. The number of hydrogen-bond acceptors (Lipinski definition) is 4. The minimum atomic E-state index is -0.236. The van der Waals surface area contributed by atoms with Gasteiger partial charge in [-0.2, -0.15) is 0 Å². The summed E-state index contributed by atoms with van der Waals surface area (Å²) in [6.07, 6.45) is 0. The lowest BCUT2D eigenvalue weighted by molar-refractivity contribution is 0.102. The van der Waals surface area contributed by atoms with E-state index in [0.717, 1.165) is 22.4 Å². The molecule has 32 heavy (non-hydrogen) atoms. The maximum atomic E-state index is 12.5. The molecule has 0 radical (unpaired) electrons. The van der Waals surface area contributed by atoms with E-state index in [2.05, 4.69) is 16.0 Å². The lowest BCUT2D eigenvalue weighted by Crippen LogP contribution is -2.30. The number of carbonyl (C=O) groups excluding carboxylic acids is 1. The average molecular weight is 446 g/mol. The number of methoxy groups -OCH3 is 1. The first-order chi connectivity index (χ1) is 15.5. The Bertz CT molecular complexity index is 1220. The van der Waals surface area contributed by atoms with Crippen LogP contribution in [0.2, 0.25) is 0 Å². The minimum absolute atomic E-state index is 0.0955. The third-order valence-electron chi connectivity index (χ3n) is 4.97. The van der Waals surface area contributed by atoms with Gasteiger partial charge in [-0.05, 0) is 67.7 Å². The molecule has 1 aromatic heterocycles. The Morgan fingerprint density at radius 1 is 0.938 bits per heavy atom. The zero-order chi connectivity index (χ0) is 22.5. The van der Waals surface area contributed by atoms with Crippen molar-refractivity contribution < 1.29 is 13.9 Å². The number of thiocarbonyl (C=S) groups is 1. The van der Waals surface area contributed by atoms with Gasteiger partial charge in [-0.3, -0.25) is 4.79 Å². The van der Waals surface area contributed by atoms with Crippen LogP contribution < -0.4 is 20.7 Å². The van der Waals surface area contributed by atoms with Crippen LogP contribution in [0.15, 0.2) is 83.3 Å². The number of anilines is 2. The SMILES string of the molecule is COc1ccccc1C(=O)Nc1ccc(NC(=S)NC(C)c2cc3ccccc3o2)cc1. The second-order valence-corrected chi connectivity index (χ2v) is 7.65. The van der Waals surface area contributed by atoms with E-state index in [9.17, 15) is 4.79 Å². The Hall–Kier alpha value is -3.84. The van der Waals surface area contributed by atoms with Crippen molar-refractivity contribution in [3.05, 3.63) is 90.2 Å². The minimum Gasteiger partial charge on any atom is -0.496 e. The molecule has 0 saturated heterocycles. The first-order valence-electron chi connectivity index (χ1n) is 10.1. The van der Waals surface area contributed by atoms with E-state index in [1.807, 2.05) is 55.5 Å². The Kier molecular flexibility index (Phi) is 6.37.